The quantitative estimate of drug-likeness (QED) is 0.535. The van der Waals surface area contributed by atoms with Crippen LogP contribution in [-0.2, 0) is 16.5 Å². The lowest BCUT2D eigenvalue weighted by molar-refractivity contribution is 0.0973. The molecular formula is C24H31ClN8O3. The summed E-state index contributed by atoms with van der Waals surface area (Å²) in [5.41, 5.74) is 7.87. The summed E-state index contributed by atoms with van der Waals surface area (Å²) in [6, 6.07) is 1.81. The second kappa shape index (κ2) is 8.98. The van der Waals surface area contributed by atoms with Gasteiger partial charge in [0.25, 0.3) is 5.56 Å². The predicted octanol–water partition coefficient (Wildman–Crippen LogP) is 1.54. The van der Waals surface area contributed by atoms with E-state index in [2.05, 4.69) is 25.0 Å². The number of nitrogens with zero attached hydrogens (tertiary/aromatic N) is 6. The van der Waals surface area contributed by atoms with E-state index in [1.807, 2.05) is 6.92 Å². The summed E-state index contributed by atoms with van der Waals surface area (Å²) in [6.45, 7) is 6.91. The molecule has 3 aromatic rings. The fourth-order valence-corrected chi connectivity index (χ4v) is 6.08. The molecule has 0 amide bonds. The molecule has 3 saturated heterocycles. The SMILES string of the molecule is C[C@@H]1OCC2(CCN(c3nc4[nH]nc(-c5ccnc(N6CCOCC6)c5Cl)c4c(=O)n3C)CC2)[C@@H]1N. The highest BCUT2D eigenvalue weighted by Crippen LogP contribution is 2.42. The summed E-state index contributed by atoms with van der Waals surface area (Å²) in [5.74, 6) is 1.29. The third-order valence-electron chi connectivity index (χ3n) is 8.10. The highest BCUT2D eigenvalue weighted by Gasteiger charge is 2.47. The van der Waals surface area contributed by atoms with Crippen LogP contribution < -0.4 is 21.1 Å². The Morgan fingerprint density at radius 1 is 1.19 bits per heavy atom. The number of H-pyrrole nitrogens is 1. The molecule has 192 valence electrons. The van der Waals surface area contributed by atoms with Crippen LogP contribution in [0.4, 0.5) is 11.8 Å². The van der Waals surface area contributed by atoms with Crippen molar-refractivity contribution in [2.75, 3.05) is 55.8 Å². The summed E-state index contributed by atoms with van der Waals surface area (Å²) in [5, 5.41) is 8.31. The fraction of sp³-hybridized carbons (Fsp3) is 0.583. The number of ether oxygens (including phenoxy) is 2. The van der Waals surface area contributed by atoms with Crippen molar-refractivity contribution in [1.82, 2.24) is 24.7 Å². The predicted molar refractivity (Wildman–Crippen MR) is 138 cm³/mol. The van der Waals surface area contributed by atoms with Crippen LogP contribution in [0.15, 0.2) is 17.1 Å². The highest BCUT2D eigenvalue weighted by atomic mass is 35.5. The Morgan fingerprint density at radius 3 is 2.64 bits per heavy atom. The van der Waals surface area contributed by atoms with Crippen LogP contribution in [-0.4, -0.2) is 82.9 Å². The van der Waals surface area contributed by atoms with Crippen molar-refractivity contribution in [3.8, 4) is 11.3 Å². The number of rotatable bonds is 3. The van der Waals surface area contributed by atoms with E-state index in [0.29, 0.717) is 72.0 Å². The molecule has 6 rings (SSSR count). The van der Waals surface area contributed by atoms with Crippen molar-refractivity contribution >= 4 is 34.4 Å². The Kier molecular flexibility index (Phi) is 5.90. The average molecular weight is 515 g/mol. The van der Waals surface area contributed by atoms with Gasteiger partial charge in [0.1, 0.15) is 16.9 Å². The number of piperidine rings is 1. The molecule has 6 heterocycles. The number of hydrogen-bond donors (Lipinski definition) is 2. The van der Waals surface area contributed by atoms with Gasteiger partial charge in [0, 0.05) is 56.4 Å². The second-order valence-corrected chi connectivity index (χ2v) is 10.4. The maximum atomic E-state index is 13.6. The molecule has 3 aromatic heterocycles. The second-order valence-electron chi connectivity index (χ2n) is 10.1. The third kappa shape index (κ3) is 3.68. The van der Waals surface area contributed by atoms with Crippen LogP contribution in [0.1, 0.15) is 19.8 Å². The monoisotopic (exact) mass is 514 g/mol. The molecule has 0 unspecified atom stereocenters. The summed E-state index contributed by atoms with van der Waals surface area (Å²) >= 11 is 6.80. The molecule has 12 heteroatoms. The highest BCUT2D eigenvalue weighted by molar-refractivity contribution is 6.36. The number of nitrogens with two attached hydrogens (primary N) is 1. The number of fused-ring (bicyclic) bond motifs is 1. The fourth-order valence-electron chi connectivity index (χ4n) is 5.76. The van der Waals surface area contributed by atoms with E-state index in [0.717, 1.165) is 25.9 Å². The van der Waals surface area contributed by atoms with Crippen molar-refractivity contribution < 1.29 is 9.47 Å². The Balaban J connectivity index is 1.33. The number of halogens is 1. The molecule has 11 nitrogen and oxygen atoms in total. The van der Waals surface area contributed by atoms with E-state index in [9.17, 15) is 4.79 Å². The molecule has 0 saturated carbocycles. The molecule has 3 N–H and O–H groups in total. The topological polar surface area (TPSA) is 127 Å². The van der Waals surface area contributed by atoms with E-state index < -0.39 is 0 Å². The first-order valence-electron chi connectivity index (χ1n) is 12.4. The molecule has 0 bridgehead atoms. The largest absolute Gasteiger partial charge is 0.378 e. The maximum absolute atomic E-state index is 13.6. The molecular weight excluding hydrogens is 484 g/mol. The lowest BCUT2D eigenvalue weighted by Gasteiger charge is -2.41. The number of pyridine rings is 1. The average Bonchev–Trinajstić information content (AvgIpc) is 3.44. The van der Waals surface area contributed by atoms with Gasteiger partial charge in [-0.15, -0.1) is 0 Å². The van der Waals surface area contributed by atoms with E-state index in [4.69, 9.17) is 31.8 Å². The number of aromatic amines is 1. The summed E-state index contributed by atoms with van der Waals surface area (Å²) in [7, 11) is 1.76. The molecule has 0 aliphatic carbocycles. The molecule has 2 atom stereocenters. The number of nitrogens with one attached hydrogen (secondary N) is 1. The van der Waals surface area contributed by atoms with Crippen LogP contribution in [0.3, 0.4) is 0 Å². The zero-order valence-corrected chi connectivity index (χ0v) is 21.3. The minimum Gasteiger partial charge on any atom is -0.378 e. The van der Waals surface area contributed by atoms with Crippen LogP contribution in [0.2, 0.25) is 5.02 Å². The van der Waals surface area contributed by atoms with Gasteiger partial charge in [0.2, 0.25) is 5.95 Å². The molecule has 0 radical (unpaired) electrons. The molecule has 3 aliphatic rings. The zero-order valence-electron chi connectivity index (χ0n) is 20.5. The molecule has 36 heavy (non-hydrogen) atoms. The number of morpholine rings is 1. The number of hydrogen-bond acceptors (Lipinski definition) is 9. The van der Waals surface area contributed by atoms with Gasteiger partial charge in [0.05, 0.1) is 30.9 Å². The van der Waals surface area contributed by atoms with Crippen LogP contribution in [0, 0.1) is 5.41 Å². The molecule has 3 aliphatic heterocycles. The maximum Gasteiger partial charge on any atom is 0.266 e. The van der Waals surface area contributed by atoms with Crippen LogP contribution >= 0.6 is 11.6 Å². The van der Waals surface area contributed by atoms with Crippen LogP contribution in [0.25, 0.3) is 22.3 Å². The zero-order chi connectivity index (χ0) is 25.0. The lowest BCUT2D eigenvalue weighted by atomic mass is 9.73. The van der Waals surface area contributed by atoms with Crippen molar-refractivity contribution in [2.45, 2.75) is 31.9 Å². The van der Waals surface area contributed by atoms with Gasteiger partial charge in [-0.25, -0.2) is 4.98 Å². The summed E-state index contributed by atoms with van der Waals surface area (Å²) < 4.78 is 12.9. The van der Waals surface area contributed by atoms with Gasteiger partial charge in [0.15, 0.2) is 5.65 Å². The van der Waals surface area contributed by atoms with Crippen LogP contribution in [0.5, 0.6) is 0 Å². The van der Waals surface area contributed by atoms with E-state index in [1.54, 1.807) is 23.9 Å². The molecule has 3 fully saturated rings. The third-order valence-corrected chi connectivity index (χ3v) is 8.48. The minimum atomic E-state index is -0.172. The van der Waals surface area contributed by atoms with Gasteiger partial charge in [-0.2, -0.15) is 10.1 Å². The Hall–Kier alpha value is -2.73. The normalized spacial score (nSPS) is 24.2. The minimum absolute atomic E-state index is 0.00365. The van der Waals surface area contributed by atoms with E-state index in [1.165, 1.54) is 0 Å². The Bertz CT molecular complexity index is 1340. The van der Waals surface area contributed by atoms with Gasteiger partial charge >= 0.3 is 0 Å². The number of aromatic nitrogens is 5. The molecule has 0 aromatic carbocycles. The Morgan fingerprint density at radius 2 is 1.94 bits per heavy atom. The first kappa shape index (κ1) is 23.7. The van der Waals surface area contributed by atoms with Gasteiger partial charge in [-0.3, -0.25) is 14.5 Å². The van der Waals surface area contributed by atoms with Crippen molar-refractivity contribution in [3.63, 3.8) is 0 Å². The first-order chi connectivity index (χ1) is 17.4. The smallest absolute Gasteiger partial charge is 0.266 e. The van der Waals surface area contributed by atoms with Gasteiger partial charge in [-0.1, -0.05) is 11.6 Å². The van der Waals surface area contributed by atoms with Gasteiger partial charge < -0.3 is 25.0 Å². The standard InChI is InChI=1S/C24H31ClN8O3/c1-14-19(26)24(13-36-14)4-7-33(8-5-24)23-28-20-16(22(34)31(23)2)18(29-30-20)15-3-6-27-21(17(15)25)32-9-11-35-12-10-32/h3,6,14,19H,4-5,7-13,26H2,1-2H3,(H,29,30)/t14-,19+/m0/s1. The van der Waals surface area contributed by atoms with Gasteiger partial charge in [-0.05, 0) is 25.8 Å². The molecule has 1 spiro atoms. The summed E-state index contributed by atoms with van der Waals surface area (Å²) in [4.78, 5) is 27.1. The first-order valence-corrected chi connectivity index (χ1v) is 12.8. The van der Waals surface area contributed by atoms with E-state index in [-0.39, 0.29) is 23.1 Å². The van der Waals surface area contributed by atoms with Crippen molar-refractivity contribution in [3.05, 3.63) is 27.6 Å². The van der Waals surface area contributed by atoms with E-state index >= 15 is 0 Å². The Labute approximate surface area is 213 Å². The number of anilines is 2. The lowest BCUT2D eigenvalue weighted by Crippen LogP contribution is -2.51. The van der Waals surface area contributed by atoms with Crippen molar-refractivity contribution in [2.24, 2.45) is 18.2 Å². The van der Waals surface area contributed by atoms with Crippen molar-refractivity contribution in [1.29, 1.82) is 0 Å². The summed E-state index contributed by atoms with van der Waals surface area (Å²) in [6.07, 6.45) is 3.57.